The molecule has 109 heavy (non-hydrogen) atoms. The minimum atomic E-state index is -0.699. The zero-order valence-corrected chi connectivity index (χ0v) is 65.4. The molecule has 16 rings (SSSR count). The van der Waals surface area contributed by atoms with E-state index < -0.39 is 16.6 Å². The van der Waals surface area contributed by atoms with Gasteiger partial charge in [-0.3, -0.25) is 29.4 Å². The Morgan fingerprint density at radius 1 is 0.394 bits per heavy atom. The smallest absolute Gasteiger partial charge is 0.331 e. The Kier molecular flexibility index (Phi) is 21.9. The van der Waals surface area contributed by atoms with Crippen molar-refractivity contribution in [2.45, 2.75) is 132 Å². The van der Waals surface area contributed by atoms with Gasteiger partial charge in [0.15, 0.2) is 0 Å². The van der Waals surface area contributed by atoms with Gasteiger partial charge in [0.1, 0.15) is 34.9 Å². The molecule has 0 N–H and O–H groups in total. The first-order valence-electron chi connectivity index (χ1n) is 37.7. The molecule has 9 aromatic rings. The lowest BCUT2D eigenvalue weighted by Gasteiger charge is -2.47. The Bertz CT molecular complexity index is 4790. The van der Waals surface area contributed by atoms with Crippen LogP contribution in [0.5, 0.6) is 0 Å². The largest absolute Gasteiger partial charge is 0.373 e. The summed E-state index contributed by atoms with van der Waals surface area (Å²) in [6.07, 6.45) is 19.3. The first-order valence-corrected chi connectivity index (χ1v) is 38.0. The van der Waals surface area contributed by atoms with E-state index >= 15 is 0 Å². The number of nitrogens with zero attached hydrogens (tertiary/aromatic N) is 14. The van der Waals surface area contributed by atoms with Gasteiger partial charge in [-0.25, -0.2) is 44.3 Å². The predicted molar refractivity (Wildman–Crippen MR) is 433 cm³/mol. The average Bonchev–Trinajstić information content (AvgIpc) is 0.737. The Hall–Kier alpha value is -10.5. The van der Waals surface area contributed by atoms with Crippen LogP contribution in [-0.2, 0) is 69.9 Å². The minimum absolute atomic E-state index is 0.0824. The summed E-state index contributed by atoms with van der Waals surface area (Å²) < 4.78 is 17.8. The van der Waals surface area contributed by atoms with Crippen LogP contribution in [0.1, 0.15) is 137 Å². The van der Waals surface area contributed by atoms with Gasteiger partial charge < -0.3 is 24.0 Å². The summed E-state index contributed by atoms with van der Waals surface area (Å²) in [4.78, 5) is 87.2. The molecule has 0 spiro atoms. The number of urea groups is 3. The van der Waals surface area contributed by atoms with Crippen LogP contribution in [0.4, 0.5) is 54.6 Å². The summed E-state index contributed by atoms with van der Waals surface area (Å²) in [5, 5.41) is 0.535. The van der Waals surface area contributed by atoms with Crippen LogP contribution in [-0.4, -0.2) is 126 Å². The summed E-state index contributed by atoms with van der Waals surface area (Å²) in [6.45, 7) is 30.9. The summed E-state index contributed by atoms with van der Waals surface area (Å²) in [5.74, 6) is 4.09. The summed E-state index contributed by atoms with van der Waals surface area (Å²) >= 11 is 6.62. The molecule has 6 aromatic carbocycles. The second kappa shape index (κ2) is 31.6. The van der Waals surface area contributed by atoms with E-state index in [2.05, 4.69) is 151 Å². The Morgan fingerprint density at radius 3 is 1.15 bits per heavy atom. The first-order chi connectivity index (χ1) is 52.5. The normalized spacial score (nSPS) is 18.2. The minimum Gasteiger partial charge on any atom is -0.373 e. The number of rotatable bonds is 4. The van der Waals surface area contributed by atoms with Crippen LogP contribution >= 0.6 is 11.6 Å². The standard InChI is InChI=1S/C33H40N6O2.C28H30N4O2.C27H27ClN4O2/c1-23-9-8-10-24(2)30(23)39-32(40)38-13-6-7-18-41-22-26-19-25(11-12-28(26)37-16-14-36(5)15-17-37)20-29-34-21-27(31(38)35-29)33(39,3)4;1-19-9-7-10-20(2)25(19)32-27(33)31-13-5-6-14-34-18-22-12-8-11-21(15-22)16-24-29-17-23(26(31)30-24)28(32,3)4;1-18-8-6-11-22(28)24(18)32-26(33)31-12-4-5-13-34-17-20-10-7-9-19(14-20)15-23-29-16-21(25(31)30-23)27(32,2)3/h6-12,19,21H,13-18,20,22H2,1-5H3;5-12,15,17H,13-14,16,18H2,1-4H3;4-11,14,16H,12-13,15,17H2,1-3H3. The zero-order chi connectivity index (χ0) is 76.5. The maximum atomic E-state index is 14.3. The number of piperazine rings is 1. The number of para-hydroxylation sites is 3. The molecule has 21 heteroatoms. The molecule has 3 aromatic heterocycles. The molecule has 20 nitrogen and oxygen atoms in total. The van der Waals surface area contributed by atoms with Gasteiger partial charge in [-0.05, 0) is 151 Å². The fourth-order valence-corrected chi connectivity index (χ4v) is 16.2. The van der Waals surface area contributed by atoms with Crippen LogP contribution in [0.25, 0.3) is 0 Å². The number of likely N-dealkylation sites (N-methyl/N-ethyl adjacent to an activating group) is 1. The topological polar surface area (TPSA) is 182 Å². The molecule has 1 fully saturated rings. The van der Waals surface area contributed by atoms with Crippen molar-refractivity contribution in [2.24, 2.45) is 0 Å². The van der Waals surface area contributed by atoms with Crippen LogP contribution in [0.3, 0.4) is 0 Å². The molecule has 0 saturated carbocycles. The van der Waals surface area contributed by atoms with Crippen LogP contribution in [0.2, 0.25) is 5.02 Å². The number of carbonyl (C=O) groups is 3. The molecule has 0 unspecified atom stereocenters. The van der Waals surface area contributed by atoms with E-state index in [0.29, 0.717) is 124 Å². The van der Waals surface area contributed by atoms with Gasteiger partial charge in [0.25, 0.3) is 0 Å². The molecule has 1 saturated heterocycles. The van der Waals surface area contributed by atoms with Crippen molar-refractivity contribution in [3.63, 3.8) is 0 Å². The first kappa shape index (κ1) is 75.3. The quantitative estimate of drug-likeness (QED) is 0.152. The average molecular weight is 1480 g/mol. The number of aromatic nitrogens is 6. The highest BCUT2D eigenvalue weighted by Gasteiger charge is 2.49. The summed E-state index contributed by atoms with van der Waals surface area (Å²) in [5.41, 5.74) is 16.6. The summed E-state index contributed by atoms with van der Waals surface area (Å²) in [7, 11) is 2.18. The van der Waals surface area contributed by atoms with E-state index in [1.807, 2.05) is 128 Å². The van der Waals surface area contributed by atoms with Gasteiger partial charge in [-0.2, -0.15) is 0 Å². The fourth-order valence-electron chi connectivity index (χ4n) is 15.8. The van der Waals surface area contributed by atoms with Crippen LogP contribution in [0.15, 0.2) is 176 Å². The fraction of sp³-hybridized carbons (Fsp3) is 0.352. The lowest BCUT2D eigenvalue weighted by molar-refractivity contribution is 0.148. The Balaban J connectivity index is 0.000000137. The SMILES string of the molecule is Cc1cccc(C)c1N1C(=O)N2CC=CCOCc3cc(ccc3N3CCN(C)CC3)Cc3ncc(c2n3)C1(C)C.Cc1cccc(C)c1N1C(=O)N2CC=CCOCc3cccc(c3)Cc3ncc(c2n3)C1(C)C.Cc1cccc(Cl)c1N1C(=O)N2CC=CCOCc3cccc(c3)Cc3ncc(c2n3)C1(C)C. The van der Waals surface area contributed by atoms with Crippen molar-refractivity contribution in [1.82, 2.24) is 34.8 Å². The molecule has 7 aliphatic heterocycles. The number of fused-ring (bicyclic) bond motifs is 9. The third-order valence-corrected chi connectivity index (χ3v) is 22.0. The van der Waals surface area contributed by atoms with Gasteiger partial charge in [0, 0.05) is 112 Å². The molecular formula is C88H97ClN14O6. The van der Waals surface area contributed by atoms with Crippen molar-refractivity contribution in [1.29, 1.82) is 0 Å². The number of hydrogen-bond acceptors (Lipinski definition) is 14. The molecule has 6 amide bonds. The van der Waals surface area contributed by atoms with E-state index in [9.17, 15) is 14.4 Å². The lowest BCUT2D eigenvalue weighted by atomic mass is 9.89. The van der Waals surface area contributed by atoms with Gasteiger partial charge >= 0.3 is 18.1 Å². The molecule has 10 heterocycles. The molecule has 562 valence electrons. The monoisotopic (exact) mass is 1480 g/mol. The van der Waals surface area contributed by atoms with Crippen molar-refractivity contribution in [3.8, 4) is 0 Å². The maximum absolute atomic E-state index is 14.3. The number of carbonyl (C=O) groups excluding carboxylic acids is 3. The van der Waals surface area contributed by atoms with Crippen molar-refractivity contribution < 1.29 is 28.6 Å². The number of benzene rings is 6. The highest BCUT2D eigenvalue weighted by Crippen LogP contribution is 2.49. The molecule has 0 aliphatic carbocycles. The molecular weight excluding hydrogens is 1380 g/mol. The maximum Gasteiger partial charge on any atom is 0.331 e. The number of ether oxygens (including phenoxy) is 3. The van der Waals surface area contributed by atoms with Gasteiger partial charge in [-0.1, -0.05) is 157 Å². The lowest BCUT2D eigenvalue weighted by Crippen LogP contribution is -2.58. The number of halogens is 1. The van der Waals surface area contributed by atoms with Gasteiger partial charge in [-0.15, -0.1) is 0 Å². The van der Waals surface area contributed by atoms with E-state index in [1.54, 1.807) is 19.6 Å². The van der Waals surface area contributed by atoms with Crippen molar-refractivity contribution in [3.05, 3.63) is 277 Å². The molecule has 7 aliphatic rings. The van der Waals surface area contributed by atoms with Crippen LogP contribution < -0.4 is 34.3 Å². The number of anilines is 7. The van der Waals surface area contributed by atoms with Gasteiger partial charge in [0.05, 0.1) is 78.3 Å². The highest BCUT2D eigenvalue weighted by molar-refractivity contribution is 6.34. The van der Waals surface area contributed by atoms with Crippen molar-refractivity contribution >= 4 is 69.9 Å². The van der Waals surface area contributed by atoms with E-state index in [1.165, 1.54) is 11.3 Å². The van der Waals surface area contributed by atoms with Crippen molar-refractivity contribution in [2.75, 3.05) is 107 Å². The Morgan fingerprint density at radius 2 is 0.743 bits per heavy atom. The highest BCUT2D eigenvalue weighted by atomic mass is 35.5. The third kappa shape index (κ3) is 15.4. The number of hydrogen-bond donors (Lipinski definition) is 0. The number of amides is 6. The van der Waals surface area contributed by atoms with E-state index in [0.717, 1.165) is 110 Å². The molecule has 12 bridgehead atoms. The Labute approximate surface area is 645 Å². The molecule has 0 atom stereocenters. The zero-order valence-electron chi connectivity index (χ0n) is 64.6. The van der Waals surface area contributed by atoms with Gasteiger partial charge in [0.2, 0.25) is 0 Å². The molecule has 0 radical (unpaired) electrons. The summed E-state index contributed by atoms with van der Waals surface area (Å²) in [6, 6.07) is 40.8. The van der Waals surface area contributed by atoms with Crippen LogP contribution in [0, 0.1) is 34.6 Å². The second-order valence-corrected chi connectivity index (χ2v) is 31.1. The predicted octanol–water partition coefficient (Wildman–Crippen LogP) is 16.5. The number of aryl methyl sites for hydroxylation is 5. The third-order valence-electron chi connectivity index (χ3n) is 21.7. The van der Waals surface area contributed by atoms with E-state index in [4.69, 9.17) is 55.7 Å². The van der Waals surface area contributed by atoms with E-state index in [-0.39, 0.29) is 18.1 Å². The second-order valence-electron chi connectivity index (χ2n) is 30.7.